The van der Waals surface area contributed by atoms with Gasteiger partial charge in [-0.2, -0.15) is 0 Å². The number of rotatable bonds is 7. The van der Waals surface area contributed by atoms with E-state index in [0.29, 0.717) is 19.0 Å². The van der Waals surface area contributed by atoms with Crippen LogP contribution in [0, 0.1) is 0 Å². The molecular formula is C14H27N3O3. The first kappa shape index (κ1) is 16.8. The molecule has 0 aliphatic carbocycles. The molecule has 0 radical (unpaired) electrons. The molecule has 3 N–H and O–H groups in total. The summed E-state index contributed by atoms with van der Waals surface area (Å²) >= 11 is 0. The third-order valence-corrected chi connectivity index (χ3v) is 3.90. The van der Waals surface area contributed by atoms with Crippen molar-refractivity contribution in [2.45, 2.75) is 57.5 Å². The Morgan fingerprint density at radius 2 is 2.05 bits per heavy atom. The maximum absolute atomic E-state index is 11.7. The second kappa shape index (κ2) is 8.79. The van der Waals surface area contributed by atoms with E-state index in [-0.39, 0.29) is 18.5 Å². The van der Waals surface area contributed by atoms with Crippen LogP contribution in [-0.4, -0.2) is 54.2 Å². The Balaban J connectivity index is 2.04. The monoisotopic (exact) mass is 285 g/mol. The standard InChI is InChI=1S/C14H27N3O3/c1-11-10-12(7-9-17(11)2)16-14(20)15-8-5-3-4-6-13(18)19/h11-12H,3-10H2,1-2H3,(H,18,19)(H2,15,16,20). The van der Waals surface area contributed by atoms with Crippen LogP contribution in [0.4, 0.5) is 4.79 Å². The maximum atomic E-state index is 11.7. The van der Waals surface area contributed by atoms with Gasteiger partial charge in [-0.15, -0.1) is 0 Å². The predicted octanol–water partition coefficient (Wildman–Crippen LogP) is 1.41. The van der Waals surface area contributed by atoms with Crippen molar-refractivity contribution in [1.82, 2.24) is 15.5 Å². The van der Waals surface area contributed by atoms with E-state index in [9.17, 15) is 9.59 Å². The van der Waals surface area contributed by atoms with E-state index in [2.05, 4.69) is 29.5 Å². The van der Waals surface area contributed by atoms with Crippen LogP contribution < -0.4 is 10.6 Å². The average Bonchev–Trinajstić information content (AvgIpc) is 2.38. The van der Waals surface area contributed by atoms with Crippen LogP contribution in [0.1, 0.15) is 45.4 Å². The number of carboxylic acid groups (broad SMARTS) is 1. The second-order valence-electron chi connectivity index (χ2n) is 5.66. The third kappa shape index (κ3) is 6.75. The second-order valence-corrected chi connectivity index (χ2v) is 5.66. The van der Waals surface area contributed by atoms with E-state index in [4.69, 9.17) is 5.11 Å². The number of likely N-dealkylation sites (tertiary alicyclic amines) is 1. The van der Waals surface area contributed by atoms with Crippen molar-refractivity contribution >= 4 is 12.0 Å². The SMILES string of the molecule is CC1CC(NC(=O)NCCCCCC(=O)O)CCN1C. The smallest absolute Gasteiger partial charge is 0.315 e. The average molecular weight is 285 g/mol. The molecule has 6 heteroatoms. The number of nitrogens with zero attached hydrogens (tertiary/aromatic N) is 1. The van der Waals surface area contributed by atoms with Crippen molar-refractivity contribution in [2.24, 2.45) is 0 Å². The van der Waals surface area contributed by atoms with Gasteiger partial charge in [0.05, 0.1) is 0 Å². The molecule has 6 nitrogen and oxygen atoms in total. The molecule has 0 bridgehead atoms. The maximum Gasteiger partial charge on any atom is 0.315 e. The first-order valence-corrected chi connectivity index (χ1v) is 7.45. The highest BCUT2D eigenvalue weighted by atomic mass is 16.4. The van der Waals surface area contributed by atoms with Crippen molar-refractivity contribution in [2.75, 3.05) is 20.1 Å². The summed E-state index contributed by atoms with van der Waals surface area (Å²) in [7, 11) is 2.11. The number of urea groups is 1. The van der Waals surface area contributed by atoms with Gasteiger partial charge in [0.2, 0.25) is 0 Å². The summed E-state index contributed by atoms with van der Waals surface area (Å²) in [6.07, 6.45) is 4.52. The molecule has 1 heterocycles. The highest BCUT2D eigenvalue weighted by Crippen LogP contribution is 2.14. The Kier molecular flexibility index (Phi) is 7.36. The van der Waals surface area contributed by atoms with Crippen molar-refractivity contribution < 1.29 is 14.7 Å². The van der Waals surface area contributed by atoms with Crippen molar-refractivity contribution in [3.8, 4) is 0 Å². The highest BCUT2D eigenvalue weighted by Gasteiger charge is 2.23. The zero-order chi connectivity index (χ0) is 15.0. The molecular weight excluding hydrogens is 258 g/mol. The van der Waals surface area contributed by atoms with E-state index >= 15 is 0 Å². The topological polar surface area (TPSA) is 81.7 Å². The Morgan fingerprint density at radius 1 is 1.30 bits per heavy atom. The predicted molar refractivity (Wildman–Crippen MR) is 77.8 cm³/mol. The molecule has 0 aromatic carbocycles. The fraction of sp³-hybridized carbons (Fsp3) is 0.857. The van der Waals surface area contributed by atoms with E-state index in [0.717, 1.165) is 32.2 Å². The number of aliphatic carboxylic acids is 1. The zero-order valence-electron chi connectivity index (χ0n) is 12.5. The quantitative estimate of drug-likeness (QED) is 0.618. The summed E-state index contributed by atoms with van der Waals surface area (Å²) in [6, 6.07) is 0.656. The minimum atomic E-state index is -0.757. The Bertz CT molecular complexity index is 323. The minimum Gasteiger partial charge on any atom is -0.481 e. The third-order valence-electron chi connectivity index (χ3n) is 3.90. The van der Waals surface area contributed by atoms with E-state index in [1.165, 1.54) is 0 Å². The zero-order valence-corrected chi connectivity index (χ0v) is 12.5. The Morgan fingerprint density at radius 3 is 2.70 bits per heavy atom. The Hall–Kier alpha value is -1.30. The van der Waals surface area contributed by atoms with E-state index in [1.807, 2.05) is 0 Å². The number of nitrogens with one attached hydrogen (secondary N) is 2. The van der Waals surface area contributed by atoms with Crippen molar-refractivity contribution in [3.05, 3.63) is 0 Å². The number of carbonyl (C=O) groups is 2. The minimum absolute atomic E-state index is 0.106. The number of carbonyl (C=O) groups excluding carboxylic acids is 1. The van der Waals surface area contributed by atoms with E-state index in [1.54, 1.807) is 0 Å². The van der Waals surface area contributed by atoms with Gasteiger partial charge in [0.1, 0.15) is 0 Å². The van der Waals surface area contributed by atoms with Crippen molar-refractivity contribution in [3.63, 3.8) is 0 Å². The number of hydrogen-bond acceptors (Lipinski definition) is 3. The molecule has 0 saturated carbocycles. The van der Waals surface area contributed by atoms with Crippen LogP contribution in [-0.2, 0) is 4.79 Å². The molecule has 1 fully saturated rings. The summed E-state index contributed by atoms with van der Waals surface area (Å²) in [4.78, 5) is 24.3. The van der Waals surface area contributed by atoms with Crippen LogP contribution in [0.2, 0.25) is 0 Å². The number of hydrogen-bond donors (Lipinski definition) is 3. The van der Waals surface area contributed by atoms with Gasteiger partial charge in [0.15, 0.2) is 0 Å². The van der Waals surface area contributed by atoms with Gasteiger partial charge in [-0.05, 0) is 39.7 Å². The van der Waals surface area contributed by atoms with Crippen LogP contribution in [0.3, 0.4) is 0 Å². The lowest BCUT2D eigenvalue weighted by molar-refractivity contribution is -0.137. The molecule has 0 aromatic heterocycles. The number of amides is 2. The molecule has 1 saturated heterocycles. The van der Waals surface area contributed by atoms with Crippen LogP contribution in [0.5, 0.6) is 0 Å². The van der Waals surface area contributed by atoms with E-state index < -0.39 is 5.97 Å². The van der Waals surface area contributed by atoms with Crippen LogP contribution in [0.25, 0.3) is 0 Å². The Labute approximate surface area is 120 Å². The summed E-state index contributed by atoms with van der Waals surface area (Å²) in [5.41, 5.74) is 0. The van der Waals surface area contributed by atoms with Gasteiger partial charge < -0.3 is 20.6 Å². The largest absolute Gasteiger partial charge is 0.481 e. The lowest BCUT2D eigenvalue weighted by Crippen LogP contribution is -2.50. The van der Waals surface area contributed by atoms with Gasteiger partial charge >= 0.3 is 12.0 Å². The normalized spacial score (nSPS) is 23.3. The molecule has 2 atom stereocenters. The number of unbranched alkanes of at least 4 members (excludes halogenated alkanes) is 2. The first-order valence-electron chi connectivity index (χ1n) is 7.45. The first-order chi connectivity index (χ1) is 9.49. The highest BCUT2D eigenvalue weighted by molar-refractivity contribution is 5.74. The lowest BCUT2D eigenvalue weighted by atomic mass is 9.99. The fourth-order valence-corrected chi connectivity index (χ4v) is 2.44. The number of piperidine rings is 1. The molecule has 2 amide bonds. The van der Waals surface area contributed by atoms with Gasteiger partial charge in [0.25, 0.3) is 0 Å². The van der Waals surface area contributed by atoms with Gasteiger partial charge in [-0.25, -0.2) is 4.79 Å². The number of carboxylic acids is 1. The molecule has 116 valence electrons. The van der Waals surface area contributed by atoms with Gasteiger partial charge in [-0.1, -0.05) is 6.42 Å². The summed E-state index contributed by atoms with van der Waals surface area (Å²) in [5, 5.41) is 14.3. The van der Waals surface area contributed by atoms with Gasteiger partial charge in [0, 0.05) is 31.6 Å². The molecule has 0 spiro atoms. The fourth-order valence-electron chi connectivity index (χ4n) is 2.44. The van der Waals surface area contributed by atoms with Crippen LogP contribution >= 0.6 is 0 Å². The molecule has 0 aromatic rings. The molecule has 1 aliphatic heterocycles. The molecule has 1 rings (SSSR count). The summed E-state index contributed by atoms with van der Waals surface area (Å²) in [5.74, 6) is -0.757. The molecule has 1 aliphatic rings. The van der Waals surface area contributed by atoms with Crippen molar-refractivity contribution in [1.29, 1.82) is 0 Å². The summed E-state index contributed by atoms with van der Waals surface area (Å²) < 4.78 is 0. The molecule has 2 unspecified atom stereocenters. The summed E-state index contributed by atoms with van der Waals surface area (Å²) in [6.45, 7) is 3.79. The molecule has 20 heavy (non-hydrogen) atoms. The van der Waals surface area contributed by atoms with Crippen LogP contribution in [0.15, 0.2) is 0 Å². The van der Waals surface area contributed by atoms with Gasteiger partial charge in [-0.3, -0.25) is 4.79 Å². The lowest BCUT2D eigenvalue weighted by Gasteiger charge is -2.35.